The highest BCUT2D eigenvalue weighted by molar-refractivity contribution is 5.90. The van der Waals surface area contributed by atoms with Gasteiger partial charge in [-0.1, -0.05) is 12.1 Å². The summed E-state index contributed by atoms with van der Waals surface area (Å²) in [6, 6.07) is 6.14. The Hall–Kier alpha value is -2.08. The molecule has 6 heteroatoms. The minimum atomic E-state index is -1.02. The third-order valence-electron chi connectivity index (χ3n) is 2.67. The first-order chi connectivity index (χ1) is 9.56. The van der Waals surface area contributed by atoms with E-state index in [1.807, 2.05) is 6.92 Å². The molecule has 1 unspecified atom stereocenters. The van der Waals surface area contributed by atoms with E-state index in [0.717, 1.165) is 0 Å². The van der Waals surface area contributed by atoms with Crippen LogP contribution < -0.4 is 15.4 Å². The van der Waals surface area contributed by atoms with E-state index >= 15 is 0 Å². The second-order valence-electron chi connectivity index (χ2n) is 4.22. The van der Waals surface area contributed by atoms with Gasteiger partial charge < -0.3 is 20.5 Å². The predicted octanol–water partition coefficient (Wildman–Crippen LogP) is 0.878. The molecule has 0 aliphatic carbocycles. The summed E-state index contributed by atoms with van der Waals surface area (Å²) < 4.78 is 5.41. The molecule has 1 aromatic rings. The molecule has 0 bridgehead atoms. The number of rotatable bonds is 8. The molecule has 6 nitrogen and oxygen atoms in total. The van der Waals surface area contributed by atoms with E-state index in [2.05, 4.69) is 10.6 Å². The van der Waals surface area contributed by atoms with Crippen molar-refractivity contribution in [3.05, 3.63) is 29.8 Å². The summed E-state index contributed by atoms with van der Waals surface area (Å²) in [6.45, 7) is 4.94. The maximum absolute atomic E-state index is 11.5. The molecule has 0 saturated carbocycles. The maximum Gasteiger partial charge on any atom is 0.339 e. The number of likely N-dealkylation sites (N-methyl/N-ethyl adjacent to an activating group) is 1. The number of hydrogen-bond acceptors (Lipinski definition) is 4. The van der Waals surface area contributed by atoms with Gasteiger partial charge in [-0.3, -0.25) is 4.79 Å². The van der Waals surface area contributed by atoms with Crippen LogP contribution in [0.3, 0.4) is 0 Å². The van der Waals surface area contributed by atoms with Crippen molar-refractivity contribution in [1.29, 1.82) is 0 Å². The molecule has 0 aliphatic heterocycles. The van der Waals surface area contributed by atoms with Crippen LogP contribution in [0.15, 0.2) is 24.3 Å². The van der Waals surface area contributed by atoms with Crippen LogP contribution in [-0.2, 0) is 4.79 Å². The number of carbonyl (C=O) groups is 2. The Bertz CT molecular complexity index is 462. The topological polar surface area (TPSA) is 87.7 Å². The van der Waals surface area contributed by atoms with Crippen LogP contribution in [0, 0.1) is 0 Å². The van der Waals surface area contributed by atoms with Gasteiger partial charge in [-0.05, 0) is 26.0 Å². The largest absolute Gasteiger partial charge is 0.491 e. The third kappa shape index (κ3) is 4.89. The van der Waals surface area contributed by atoms with E-state index in [0.29, 0.717) is 18.8 Å². The fourth-order valence-electron chi connectivity index (χ4n) is 1.63. The molecule has 0 saturated heterocycles. The second-order valence-corrected chi connectivity index (χ2v) is 4.22. The molecule has 0 aliphatic rings. The zero-order chi connectivity index (χ0) is 15.0. The van der Waals surface area contributed by atoms with Crippen LogP contribution in [0.5, 0.6) is 5.75 Å². The molecule has 0 heterocycles. The van der Waals surface area contributed by atoms with Gasteiger partial charge in [-0.15, -0.1) is 0 Å². The van der Waals surface area contributed by atoms with E-state index in [9.17, 15) is 9.59 Å². The molecule has 1 atom stereocenters. The average molecular weight is 280 g/mol. The molecule has 110 valence electrons. The van der Waals surface area contributed by atoms with Gasteiger partial charge in [0.15, 0.2) is 0 Å². The summed E-state index contributed by atoms with van der Waals surface area (Å²) >= 11 is 0. The predicted molar refractivity (Wildman–Crippen MR) is 75.0 cm³/mol. The first kappa shape index (κ1) is 16.0. The Morgan fingerprint density at radius 1 is 1.35 bits per heavy atom. The zero-order valence-corrected chi connectivity index (χ0v) is 11.7. The Labute approximate surface area is 118 Å². The SMILES string of the molecule is CCNC(=O)C(C)NCCOc1ccccc1C(=O)O. The number of carbonyl (C=O) groups excluding carboxylic acids is 1. The van der Waals surface area contributed by atoms with Gasteiger partial charge in [0, 0.05) is 13.1 Å². The van der Waals surface area contributed by atoms with Crippen molar-refractivity contribution in [3.8, 4) is 5.75 Å². The van der Waals surface area contributed by atoms with Crippen molar-refractivity contribution < 1.29 is 19.4 Å². The van der Waals surface area contributed by atoms with Gasteiger partial charge in [0.05, 0.1) is 6.04 Å². The molecule has 1 aromatic carbocycles. The van der Waals surface area contributed by atoms with Gasteiger partial charge in [-0.2, -0.15) is 0 Å². The van der Waals surface area contributed by atoms with Crippen LogP contribution in [0.2, 0.25) is 0 Å². The highest BCUT2D eigenvalue weighted by atomic mass is 16.5. The van der Waals surface area contributed by atoms with E-state index < -0.39 is 5.97 Å². The fourth-order valence-corrected chi connectivity index (χ4v) is 1.63. The number of ether oxygens (including phenoxy) is 1. The molecule has 0 aromatic heterocycles. The number of carboxylic acids is 1. The Morgan fingerprint density at radius 3 is 2.70 bits per heavy atom. The first-order valence-electron chi connectivity index (χ1n) is 6.52. The summed E-state index contributed by atoms with van der Waals surface area (Å²) in [7, 11) is 0. The number of amides is 1. The fraction of sp³-hybridized carbons (Fsp3) is 0.429. The zero-order valence-electron chi connectivity index (χ0n) is 11.7. The molecule has 3 N–H and O–H groups in total. The molecule has 1 rings (SSSR count). The van der Waals surface area contributed by atoms with E-state index in [4.69, 9.17) is 9.84 Å². The molecule has 0 radical (unpaired) electrons. The van der Waals surface area contributed by atoms with Crippen LogP contribution in [-0.4, -0.2) is 42.7 Å². The summed E-state index contributed by atoms with van der Waals surface area (Å²) in [5.41, 5.74) is 0.129. The minimum absolute atomic E-state index is 0.0709. The highest BCUT2D eigenvalue weighted by Gasteiger charge is 2.12. The first-order valence-corrected chi connectivity index (χ1v) is 6.52. The van der Waals surface area contributed by atoms with Crippen LogP contribution in [0.25, 0.3) is 0 Å². The van der Waals surface area contributed by atoms with Crippen molar-refractivity contribution in [3.63, 3.8) is 0 Å². The van der Waals surface area contributed by atoms with Gasteiger partial charge in [0.1, 0.15) is 17.9 Å². The smallest absolute Gasteiger partial charge is 0.339 e. The number of para-hydroxylation sites is 1. The molecule has 0 spiro atoms. The van der Waals surface area contributed by atoms with E-state index in [1.165, 1.54) is 6.07 Å². The maximum atomic E-state index is 11.5. The Kier molecular flexibility index (Phi) is 6.52. The van der Waals surface area contributed by atoms with Crippen molar-refractivity contribution in [2.45, 2.75) is 19.9 Å². The summed E-state index contributed by atoms with van der Waals surface area (Å²) in [6.07, 6.45) is 0. The second kappa shape index (κ2) is 8.16. The summed E-state index contributed by atoms with van der Waals surface area (Å²) in [4.78, 5) is 22.4. The quantitative estimate of drug-likeness (QED) is 0.615. The molecule has 1 amide bonds. The number of benzene rings is 1. The van der Waals surface area contributed by atoms with E-state index in [1.54, 1.807) is 25.1 Å². The van der Waals surface area contributed by atoms with Crippen molar-refractivity contribution >= 4 is 11.9 Å². The van der Waals surface area contributed by atoms with Gasteiger partial charge in [-0.25, -0.2) is 4.79 Å². The lowest BCUT2D eigenvalue weighted by Crippen LogP contribution is -2.43. The Balaban J connectivity index is 2.38. The lowest BCUT2D eigenvalue weighted by molar-refractivity contribution is -0.122. The molecular formula is C14H20N2O4. The number of hydrogen-bond donors (Lipinski definition) is 3. The number of carboxylic acid groups (broad SMARTS) is 1. The molecular weight excluding hydrogens is 260 g/mol. The number of nitrogens with one attached hydrogen (secondary N) is 2. The lowest BCUT2D eigenvalue weighted by Gasteiger charge is -2.14. The summed E-state index contributed by atoms with van der Waals surface area (Å²) in [5.74, 6) is -0.768. The monoisotopic (exact) mass is 280 g/mol. The van der Waals surface area contributed by atoms with Gasteiger partial charge in [0.2, 0.25) is 5.91 Å². The summed E-state index contributed by atoms with van der Waals surface area (Å²) in [5, 5.41) is 14.7. The Morgan fingerprint density at radius 2 is 2.05 bits per heavy atom. The van der Waals surface area contributed by atoms with Gasteiger partial charge >= 0.3 is 5.97 Å². The standard InChI is InChI=1S/C14H20N2O4/c1-3-15-13(17)10(2)16-8-9-20-12-7-5-4-6-11(12)14(18)19/h4-7,10,16H,3,8-9H2,1-2H3,(H,15,17)(H,18,19). The van der Waals surface area contributed by atoms with Crippen molar-refractivity contribution in [2.75, 3.05) is 19.7 Å². The lowest BCUT2D eigenvalue weighted by atomic mass is 10.2. The van der Waals surface area contributed by atoms with Gasteiger partial charge in [0.25, 0.3) is 0 Å². The van der Waals surface area contributed by atoms with Crippen LogP contribution in [0.4, 0.5) is 0 Å². The third-order valence-corrected chi connectivity index (χ3v) is 2.67. The normalized spacial score (nSPS) is 11.7. The van der Waals surface area contributed by atoms with E-state index in [-0.39, 0.29) is 24.1 Å². The number of aromatic carboxylic acids is 1. The molecule has 20 heavy (non-hydrogen) atoms. The highest BCUT2D eigenvalue weighted by Crippen LogP contribution is 2.17. The average Bonchev–Trinajstić information content (AvgIpc) is 2.43. The van der Waals surface area contributed by atoms with Crippen LogP contribution >= 0.6 is 0 Å². The van der Waals surface area contributed by atoms with Crippen molar-refractivity contribution in [2.24, 2.45) is 0 Å². The minimum Gasteiger partial charge on any atom is -0.491 e. The van der Waals surface area contributed by atoms with Crippen LogP contribution in [0.1, 0.15) is 24.2 Å². The molecule has 0 fully saturated rings. The van der Waals surface area contributed by atoms with Crippen molar-refractivity contribution in [1.82, 2.24) is 10.6 Å².